The molecule has 0 radical (unpaired) electrons. The average molecular weight is 733 g/mol. The van der Waals surface area contributed by atoms with E-state index < -0.39 is 73.8 Å². The third-order valence-electron chi connectivity index (χ3n) is 8.55. The first kappa shape index (κ1) is 31.6. The van der Waals surface area contributed by atoms with Gasteiger partial charge in [0.25, 0.3) is 5.56 Å². The maximum absolute atomic E-state index is 13.7. The fourth-order valence-corrected chi connectivity index (χ4v) is 8.75. The van der Waals surface area contributed by atoms with Crippen LogP contribution in [0.2, 0.25) is 0 Å². The second-order valence-corrected chi connectivity index (χ2v) is 17.1. The van der Waals surface area contributed by atoms with E-state index >= 15 is 0 Å². The Morgan fingerprint density at radius 2 is 1.74 bits per heavy atom. The summed E-state index contributed by atoms with van der Waals surface area (Å²) in [4.78, 5) is 45.2. The Hall–Kier alpha value is -2.66. The van der Waals surface area contributed by atoms with Gasteiger partial charge in [0, 0.05) is 0 Å². The number of fused-ring (bicyclic) bond motifs is 4. The lowest BCUT2D eigenvalue weighted by molar-refractivity contribution is -0.182. The quantitative estimate of drug-likeness (QED) is 0.0885. The van der Waals surface area contributed by atoms with Crippen LogP contribution in [-0.4, -0.2) is 97.9 Å². The number of aromatic nitrogens is 8. The lowest BCUT2D eigenvalue weighted by Gasteiger charge is -2.32. The second-order valence-electron chi connectivity index (χ2n) is 11.6. The predicted octanol–water partition coefficient (Wildman–Crippen LogP) is 0.0677. The van der Waals surface area contributed by atoms with Crippen LogP contribution in [0.15, 0.2) is 23.8 Å². The number of thiol groups is 2. The summed E-state index contributed by atoms with van der Waals surface area (Å²) in [6.07, 6.45) is -2.13. The van der Waals surface area contributed by atoms with E-state index in [1.807, 2.05) is 0 Å². The van der Waals surface area contributed by atoms with Crippen molar-refractivity contribution in [3.63, 3.8) is 0 Å². The molecule has 25 heteroatoms. The summed E-state index contributed by atoms with van der Waals surface area (Å²) in [7, 11) is 0. The summed E-state index contributed by atoms with van der Waals surface area (Å²) in [5.74, 6) is -0.0414. The molecule has 4 aromatic rings. The smallest absolute Gasteiger partial charge is 0.386 e. The Bertz CT molecular complexity index is 2070. The van der Waals surface area contributed by atoms with Gasteiger partial charge < -0.3 is 35.7 Å². The molecule has 3 aliphatic heterocycles. The molecule has 4 fully saturated rings. The largest absolute Gasteiger partial charge is 0.386 e. The van der Waals surface area contributed by atoms with Crippen molar-refractivity contribution < 1.29 is 46.9 Å². The van der Waals surface area contributed by atoms with Crippen LogP contribution in [0.1, 0.15) is 25.3 Å². The van der Waals surface area contributed by atoms with Crippen molar-refractivity contribution in [2.45, 2.75) is 60.9 Å². The van der Waals surface area contributed by atoms with Crippen LogP contribution < -0.4 is 17.0 Å². The van der Waals surface area contributed by atoms with E-state index in [1.165, 1.54) is 28.1 Å². The number of aromatic amines is 1. The van der Waals surface area contributed by atoms with Crippen molar-refractivity contribution in [1.29, 1.82) is 0 Å². The lowest BCUT2D eigenvalue weighted by atomic mass is 10.0. The summed E-state index contributed by atoms with van der Waals surface area (Å²) >= 11 is 7.82. The number of aliphatic hydroxyl groups excluding tert-OH is 1. The van der Waals surface area contributed by atoms with Gasteiger partial charge in [0.15, 0.2) is 35.1 Å². The Morgan fingerprint density at radius 3 is 2.47 bits per heavy atom. The summed E-state index contributed by atoms with van der Waals surface area (Å²) in [6, 6.07) is 0. The van der Waals surface area contributed by atoms with E-state index in [2.05, 4.69) is 54.4 Å². The first-order valence-corrected chi connectivity index (χ1v) is 19.3. The Labute approximate surface area is 272 Å². The zero-order valence-electron chi connectivity index (χ0n) is 23.7. The number of nitrogens with one attached hydrogen (secondary N) is 1. The first-order valence-electron chi connectivity index (χ1n) is 13.9. The molecule has 1 saturated carbocycles. The molecule has 252 valence electrons. The van der Waals surface area contributed by atoms with Gasteiger partial charge in [-0.25, -0.2) is 29.1 Å². The molecule has 7 N–H and O–H groups in total. The van der Waals surface area contributed by atoms with Gasteiger partial charge in [-0.1, -0.05) is 24.5 Å². The number of aliphatic hydroxyl groups is 1. The van der Waals surface area contributed by atoms with E-state index in [0.29, 0.717) is 24.0 Å². The molecule has 21 nitrogen and oxygen atoms in total. The maximum atomic E-state index is 13.7. The minimum Gasteiger partial charge on any atom is -0.386 e. The number of hydrogen-bond acceptors (Lipinski definition) is 17. The van der Waals surface area contributed by atoms with Crippen LogP contribution in [0.4, 0.5) is 11.8 Å². The van der Waals surface area contributed by atoms with Gasteiger partial charge in [-0.3, -0.25) is 32.5 Å². The van der Waals surface area contributed by atoms with E-state index in [9.17, 15) is 23.9 Å². The number of H-pyrrole nitrogens is 1. The lowest BCUT2D eigenvalue weighted by Crippen LogP contribution is -2.45. The van der Waals surface area contributed by atoms with Crippen molar-refractivity contribution >= 4 is 72.2 Å². The van der Waals surface area contributed by atoms with Crippen molar-refractivity contribution in [1.82, 2.24) is 39.0 Å². The fraction of sp³-hybridized carbons (Fsp3) is 0.545. The molecule has 3 saturated heterocycles. The van der Waals surface area contributed by atoms with E-state index in [1.54, 1.807) is 0 Å². The molecule has 8 rings (SSSR count). The topological polar surface area (TPSA) is 289 Å². The van der Waals surface area contributed by atoms with Crippen molar-refractivity contribution in [3.05, 3.63) is 29.3 Å². The molecule has 1 spiro atoms. The number of ether oxygens (including phenoxy) is 3. The van der Waals surface area contributed by atoms with Crippen molar-refractivity contribution in [2.24, 2.45) is 0 Å². The number of nitrogen functional groups attached to an aromatic ring is 2. The molecular weight excluding hydrogens is 706 g/mol. The van der Waals surface area contributed by atoms with Crippen LogP contribution in [0, 0.1) is 0 Å². The first-order chi connectivity index (χ1) is 22.2. The van der Waals surface area contributed by atoms with Gasteiger partial charge in [-0.05, 0) is 12.8 Å². The Balaban J connectivity index is 1.04. The summed E-state index contributed by atoms with van der Waals surface area (Å²) in [5.41, 5.74) is 9.00. The number of hydrogen-bond donors (Lipinski definition) is 7. The van der Waals surface area contributed by atoms with Crippen LogP contribution in [0.5, 0.6) is 0 Å². The summed E-state index contributed by atoms with van der Waals surface area (Å²) in [6.45, 7) is -9.59. The van der Waals surface area contributed by atoms with E-state index in [4.69, 9.17) is 39.2 Å². The van der Waals surface area contributed by atoms with Gasteiger partial charge >= 0.3 is 13.6 Å². The van der Waals surface area contributed by atoms with Gasteiger partial charge in [0.1, 0.15) is 47.5 Å². The highest BCUT2D eigenvalue weighted by Crippen LogP contribution is 2.64. The Morgan fingerprint density at radius 1 is 1.02 bits per heavy atom. The third kappa shape index (κ3) is 5.20. The Kier molecular flexibility index (Phi) is 7.17. The monoisotopic (exact) mass is 732 g/mol. The molecule has 1 unspecified atom stereocenters. The number of rotatable bonds is 9. The number of imidazole rings is 2. The highest BCUT2D eigenvalue weighted by atomic mass is 32.7. The minimum atomic E-state index is -4.45. The van der Waals surface area contributed by atoms with E-state index in [0.717, 1.165) is 0 Å². The average Bonchev–Trinajstić information content (AvgIpc) is 3.32. The maximum Gasteiger partial charge on any atom is 0.386 e. The van der Waals surface area contributed by atoms with Gasteiger partial charge in [-0.2, -0.15) is 4.98 Å². The zero-order valence-corrected chi connectivity index (χ0v) is 27.2. The van der Waals surface area contributed by atoms with Crippen molar-refractivity contribution in [3.8, 4) is 0 Å². The third-order valence-corrected chi connectivity index (χ3v) is 10.9. The number of anilines is 2. The van der Waals surface area contributed by atoms with Gasteiger partial charge in [0.2, 0.25) is 5.95 Å². The van der Waals surface area contributed by atoms with Gasteiger partial charge in [-0.15, -0.1) is 0 Å². The fourth-order valence-electron chi connectivity index (χ4n) is 6.32. The standard InChI is InChI=1S/C22H26N10O11P2S2/c23-14-8-15(26-5-25-14)31(6-27-8)18-10(33)12(21(40-18)1-2-21)43-45(37,47)39-4-22-3-38-11(13(22)42-44(35,36)46)19(41-22)32-7-28-9-16(32)29-20(24)30-17(9)34/h5-7,10-13,18-19,33H,1-4H2,(H,37,47)(H2,23,25,26)(H2,35,36,46)(H3,24,29,30,34)/t10-,11-,12+,13+,18-,19-,22-,45?/m1/s1. The zero-order chi connectivity index (χ0) is 33.1. The summed E-state index contributed by atoms with van der Waals surface area (Å²) in [5, 5.41) is 11.3. The van der Waals surface area contributed by atoms with Crippen LogP contribution in [-0.2, 0) is 36.9 Å². The molecule has 4 aliphatic rings. The molecule has 47 heavy (non-hydrogen) atoms. The SMILES string of the molecule is Nc1nc2c(ncn2[C@@H]2O[C@@]3(COP(=O)(S)O[C@H]4[C@@H](O)[C@H](n5cnc6c(N)ncnc65)OC45CC5)CO[C@@H]2[C@@H]3O[P@](=O)(O)S)c(=O)[nH]1. The molecule has 0 aromatic carbocycles. The van der Waals surface area contributed by atoms with Crippen LogP contribution >= 0.6 is 38.1 Å². The molecule has 2 bridgehead atoms. The highest BCUT2D eigenvalue weighted by molar-refractivity contribution is 8.44. The molecule has 4 aromatic heterocycles. The molecule has 0 amide bonds. The van der Waals surface area contributed by atoms with Gasteiger partial charge in [0.05, 0.1) is 25.9 Å². The molecule has 9 atom stereocenters. The summed E-state index contributed by atoms with van der Waals surface area (Å²) < 4.78 is 64.1. The highest BCUT2D eigenvalue weighted by Gasteiger charge is 2.67. The predicted molar refractivity (Wildman–Crippen MR) is 164 cm³/mol. The molecular formula is C22H26N10O11P2S2. The molecule has 7 heterocycles. The van der Waals surface area contributed by atoms with E-state index in [-0.39, 0.29) is 29.5 Å². The number of nitrogens with zero attached hydrogens (tertiary/aromatic N) is 7. The van der Waals surface area contributed by atoms with Crippen LogP contribution in [0.3, 0.4) is 0 Å². The van der Waals surface area contributed by atoms with Crippen LogP contribution in [0.25, 0.3) is 22.3 Å². The minimum absolute atomic E-state index is 0.0443. The normalized spacial score (nSPS) is 33.5. The van der Waals surface area contributed by atoms with Crippen molar-refractivity contribution in [2.75, 3.05) is 24.7 Å². The molecule has 1 aliphatic carbocycles. The number of nitrogens with two attached hydrogens (primary N) is 2. The second kappa shape index (κ2) is 10.7.